The molecule has 0 aromatic rings. The smallest absolute Gasteiger partial charge is 0.313 e. The van der Waals surface area contributed by atoms with Gasteiger partial charge in [0.15, 0.2) is 0 Å². The summed E-state index contributed by atoms with van der Waals surface area (Å²) in [5.74, 6) is 0.291. The summed E-state index contributed by atoms with van der Waals surface area (Å²) in [5.41, 5.74) is 5.35. The molecule has 0 rings (SSSR count). The monoisotopic (exact) mass is 259 g/mol. The maximum absolute atomic E-state index is 12.2. The fraction of sp³-hybridized carbons (Fsp3) is 0.929. The zero-order chi connectivity index (χ0) is 14.0. The number of esters is 1. The van der Waals surface area contributed by atoms with E-state index in [0.29, 0.717) is 19.1 Å². The molecule has 0 amide bonds. The third kappa shape index (κ3) is 5.83. The number of carbonyl (C=O) groups is 1. The second-order valence-corrected chi connectivity index (χ2v) is 5.25. The number of rotatable bonds is 10. The summed E-state index contributed by atoms with van der Waals surface area (Å²) in [4.78, 5) is 12.2. The molecule has 4 heteroatoms. The lowest BCUT2D eigenvalue weighted by Crippen LogP contribution is -2.41. The molecule has 0 heterocycles. The van der Waals surface area contributed by atoms with Gasteiger partial charge in [-0.3, -0.25) is 4.79 Å². The molecule has 0 aromatic carbocycles. The molecule has 0 bridgehead atoms. The highest BCUT2D eigenvalue weighted by Gasteiger charge is 2.38. The Morgan fingerprint density at radius 2 is 2.00 bits per heavy atom. The summed E-state index contributed by atoms with van der Waals surface area (Å²) in [5, 5.41) is 0. The van der Waals surface area contributed by atoms with E-state index in [2.05, 4.69) is 13.8 Å². The zero-order valence-electron chi connectivity index (χ0n) is 12.3. The second kappa shape index (κ2) is 9.34. The Balaban J connectivity index is 4.59. The van der Waals surface area contributed by atoms with E-state index in [9.17, 15) is 4.79 Å². The van der Waals surface area contributed by atoms with Gasteiger partial charge in [-0.25, -0.2) is 0 Å². The van der Waals surface area contributed by atoms with Crippen LogP contribution in [0.1, 0.15) is 46.5 Å². The molecule has 108 valence electrons. The molecule has 0 aromatic heterocycles. The lowest BCUT2D eigenvalue weighted by atomic mass is 9.76. The molecular formula is C14H29NO3. The quantitative estimate of drug-likeness (QED) is 0.483. The van der Waals surface area contributed by atoms with Crippen LogP contribution in [-0.4, -0.2) is 32.8 Å². The topological polar surface area (TPSA) is 61.5 Å². The summed E-state index contributed by atoms with van der Waals surface area (Å²) >= 11 is 0. The molecule has 2 N–H and O–H groups in total. The average molecular weight is 259 g/mol. The first-order valence-corrected chi connectivity index (χ1v) is 6.88. The Morgan fingerprint density at radius 3 is 2.44 bits per heavy atom. The Bertz CT molecular complexity index is 231. The van der Waals surface area contributed by atoms with Crippen LogP contribution in [0.4, 0.5) is 0 Å². The second-order valence-electron chi connectivity index (χ2n) is 5.25. The van der Waals surface area contributed by atoms with Crippen LogP contribution in [0.2, 0.25) is 0 Å². The van der Waals surface area contributed by atoms with Crippen molar-refractivity contribution in [2.24, 2.45) is 17.1 Å². The predicted octanol–water partition coefficient (Wildman–Crippen LogP) is 2.36. The molecule has 0 saturated carbocycles. The van der Waals surface area contributed by atoms with E-state index in [1.165, 1.54) is 0 Å². The standard InChI is InChI=1S/C14H29NO3/c1-5-18-13(16)14(11-15,10-12(2)3)8-6-7-9-17-4/h12H,5-11,15H2,1-4H3. The Kier molecular flexibility index (Phi) is 9.02. The number of hydrogen-bond acceptors (Lipinski definition) is 4. The van der Waals surface area contributed by atoms with Crippen LogP contribution in [0, 0.1) is 11.3 Å². The molecule has 0 fully saturated rings. The number of hydrogen-bond donors (Lipinski definition) is 1. The van der Waals surface area contributed by atoms with Gasteiger partial charge in [-0.15, -0.1) is 0 Å². The van der Waals surface area contributed by atoms with E-state index < -0.39 is 5.41 Å². The summed E-state index contributed by atoms with van der Waals surface area (Å²) in [7, 11) is 1.69. The van der Waals surface area contributed by atoms with Crippen LogP contribution < -0.4 is 5.73 Å². The van der Waals surface area contributed by atoms with Crippen molar-refractivity contribution < 1.29 is 14.3 Å². The van der Waals surface area contributed by atoms with Crippen LogP contribution in [-0.2, 0) is 14.3 Å². The predicted molar refractivity (Wildman–Crippen MR) is 73.3 cm³/mol. The van der Waals surface area contributed by atoms with Gasteiger partial charge in [0, 0.05) is 20.3 Å². The lowest BCUT2D eigenvalue weighted by Gasteiger charge is -2.31. The van der Waals surface area contributed by atoms with E-state index in [1.54, 1.807) is 7.11 Å². The van der Waals surface area contributed by atoms with Gasteiger partial charge >= 0.3 is 5.97 Å². The third-order valence-electron chi connectivity index (χ3n) is 3.15. The van der Waals surface area contributed by atoms with Gasteiger partial charge < -0.3 is 15.2 Å². The van der Waals surface area contributed by atoms with Gasteiger partial charge in [-0.2, -0.15) is 0 Å². The molecule has 0 aliphatic carbocycles. The van der Waals surface area contributed by atoms with E-state index >= 15 is 0 Å². The number of unbranched alkanes of at least 4 members (excludes halogenated alkanes) is 1. The minimum absolute atomic E-state index is 0.140. The summed E-state index contributed by atoms with van der Waals surface area (Å²) in [6.45, 7) is 7.55. The summed E-state index contributed by atoms with van der Waals surface area (Å²) in [6, 6.07) is 0. The molecular weight excluding hydrogens is 230 g/mol. The van der Waals surface area contributed by atoms with Gasteiger partial charge in [-0.05, 0) is 38.5 Å². The van der Waals surface area contributed by atoms with Crippen molar-refractivity contribution in [1.82, 2.24) is 0 Å². The molecule has 0 aliphatic heterocycles. The van der Waals surface area contributed by atoms with Gasteiger partial charge in [0.2, 0.25) is 0 Å². The number of ether oxygens (including phenoxy) is 2. The Morgan fingerprint density at radius 1 is 1.33 bits per heavy atom. The molecule has 1 atom stereocenters. The van der Waals surface area contributed by atoms with E-state index in [-0.39, 0.29) is 5.97 Å². The normalized spacial score (nSPS) is 14.6. The van der Waals surface area contributed by atoms with E-state index in [0.717, 1.165) is 32.3 Å². The Hall–Kier alpha value is -0.610. The van der Waals surface area contributed by atoms with Crippen molar-refractivity contribution in [2.75, 3.05) is 26.9 Å². The first kappa shape index (κ1) is 17.4. The van der Waals surface area contributed by atoms with Crippen molar-refractivity contribution >= 4 is 5.97 Å². The van der Waals surface area contributed by atoms with Gasteiger partial charge in [0.05, 0.1) is 12.0 Å². The molecule has 0 spiro atoms. The molecule has 18 heavy (non-hydrogen) atoms. The van der Waals surface area contributed by atoms with E-state index in [4.69, 9.17) is 15.2 Å². The minimum atomic E-state index is -0.516. The third-order valence-corrected chi connectivity index (χ3v) is 3.15. The van der Waals surface area contributed by atoms with Gasteiger partial charge in [-0.1, -0.05) is 13.8 Å². The van der Waals surface area contributed by atoms with Gasteiger partial charge in [0.25, 0.3) is 0 Å². The highest BCUT2D eigenvalue weighted by atomic mass is 16.5. The summed E-state index contributed by atoms with van der Waals surface area (Å²) < 4.78 is 10.2. The minimum Gasteiger partial charge on any atom is -0.466 e. The number of carbonyl (C=O) groups excluding carboxylic acids is 1. The van der Waals surface area contributed by atoms with Crippen molar-refractivity contribution in [3.8, 4) is 0 Å². The molecule has 0 radical (unpaired) electrons. The molecule has 1 unspecified atom stereocenters. The number of methoxy groups -OCH3 is 1. The van der Waals surface area contributed by atoms with Crippen molar-refractivity contribution in [3.63, 3.8) is 0 Å². The highest BCUT2D eigenvalue weighted by molar-refractivity contribution is 5.77. The fourth-order valence-corrected chi connectivity index (χ4v) is 2.33. The van der Waals surface area contributed by atoms with Crippen molar-refractivity contribution in [3.05, 3.63) is 0 Å². The van der Waals surface area contributed by atoms with Crippen LogP contribution in [0.25, 0.3) is 0 Å². The zero-order valence-corrected chi connectivity index (χ0v) is 12.3. The molecule has 0 aliphatic rings. The maximum Gasteiger partial charge on any atom is 0.313 e. The lowest BCUT2D eigenvalue weighted by molar-refractivity contribution is -0.156. The average Bonchev–Trinajstić information content (AvgIpc) is 2.33. The fourth-order valence-electron chi connectivity index (χ4n) is 2.33. The first-order chi connectivity index (χ1) is 8.52. The summed E-state index contributed by atoms with van der Waals surface area (Å²) in [6.07, 6.45) is 3.46. The number of nitrogens with two attached hydrogens (primary N) is 1. The highest BCUT2D eigenvalue weighted by Crippen LogP contribution is 2.33. The SMILES string of the molecule is CCOC(=O)C(CN)(CCCCOC)CC(C)C. The van der Waals surface area contributed by atoms with Crippen LogP contribution >= 0.6 is 0 Å². The maximum atomic E-state index is 12.2. The van der Waals surface area contributed by atoms with Crippen LogP contribution in [0.3, 0.4) is 0 Å². The van der Waals surface area contributed by atoms with Crippen molar-refractivity contribution in [2.45, 2.75) is 46.5 Å². The first-order valence-electron chi connectivity index (χ1n) is 6.88. The van der Waals surface area contributed by atoms with Crippen LogP contribution in [0.15, 0.2) is 0 Å². The van der Waals surface area contributed by atoms with Crippen molar-refractivity contribution in [1.29, 1.82) is 0 Å². The molecule has 0 saturated heterocycles. The molecule has 4 nitrogen and oxygen atoms in total. The largest absolute Gasteiger partial charge is 0.466 e. The van der Waals surface area contributed by atoms with Gasteiger partial charge in [0.1, 0.15) is 0 Å². The van der Waals surface area contributed by atoms with Crippen LogP contribution in [0.5, 0.6) is 0 Å². The van der Waals surface area contributed by atoms with E-state index in [1.807, 2.05) is 6.92 Å². The Labute approximate surface area is 111 Å².